The maximum Gasteiger partial charge on any atom is 0.248 e. The van der Waals surface area contributed by atoms with Gasteiger partial charge in [-0.05, 0) is 42.9 Å². The molecular weight excluding hydrogens is 406 g/mol. The monoisotopic (exact) mass is 423 g/mol. The predicted octanol–water partition coefficient (Wildman–Crippen LogP) is 1.33. The molecule has 0 bridgehead atoms. The van der Waals surface area contributed by atoms with E-state index in [2.05, 4.69) is 15.9 Å². The fourth-order valence-corrected chi connectivity index (χ4v) is 5.72. The molecule has 2 aliphatic rings. The van der Waals surface area contributed by atoms with Crippen molar-refractivity contribution in [3.05, 3.63) is 28.2 Å². The number of carbonyl (C=O) groups excluding carboxylic acids is 1. The van der Waals surface area contributed by atoms with Crippen molar-refractivity contribution in [2.24, 2.45) is 23.3 Å². The summed E-state index contributed by atoms with van der Waals surface area (Å²) in [6, 6.07) is 4.41. The second-order valence-corrected chi connectivity index (χ2v) is 8.88. The lowest BCUT2D eigenvalue weighted by Crippen LogP contribution is -2.33. The van der Waals surface area contributed by atoms with Gasteiger partial charge >= 0.3 is 0 Å². The molecule has 2 fully saturated rings. The van der Waals surface area contributed by atoms with Crippen molar-refractivity contribution in [1.82, 2.24) is 4.31 Å². The number of hydrogen-bond acceptors (Lipinski definition) is 4. The Morgan fingerprint density at radius 1 is 1.22 bits per heavy atom. The summed E-state index contributed by atoms with van der Waals surface area (Å²) in [5, 5.41) is 0. The summed E-state index contributed by atoms with van der Waals surface area (Å²) in [6.07, 6.45) is 1.94. The molecule has 1 aliphatic heterocycles. The van der Waals surface area contributed by atoms with Crippen LogP contribution < -0.4 is 11.5 Å². The molecule has 6 nitrogen and oxygen atoms in total. The van der Waals surface area contributed by atoms with Gasteiger partial charge in [-0.15, -0.1) is 12.4 Å². The number of amides is 1. The summed E-state index contributed by atoms with van der Waals surface area (Å²) in [6.45, 7) is 0.950. The Morgan fingerprint density at radius 3 is 2.52 bits per heavy atom. The molecule has 3 unspecified atom stereocenters. The van der Waals surface area contributed by atoms with Crippen molar-refractivity contribution in [2.45, 2.75) is 23.8 Å². The Kier molecular flexibility index (Phi) is 5.42. The number of sulfonamides is 1. The minimum absolute atomic E-state index is 0. The number of rotatable bonds is 3. The van der Waals surface area contributed by atoms with Gasteiger partial charge in [0.05, 0.1) is 4.90 Å². The maximum atomic E-state index is 12.8. The van der Waals surface area contributed by atoms with Gasteiger partial charge in [-0.1, -0.05) is 15.9 Å². The second kappa shape index (κ2) is 6.68. The molecule has 1 heterocycles. The molecule has 3 rings (SSSR count). The molecule has 1 aliphatic carbocycles. The van der Waals surface area contributed by atoms with Crippen molar-refractivity contribution >= 4 is 44.3 Å². The first-order chi connectivity index (χ1) is 10.3. The summed E-state index contributed by atoms with van der Waals surface area (Å²) in [5.74, 6) is -0.0804. The summed E-state index contributed by atoms with van der Waals surface area (Å²) in [7, 11) is -3.64. The van der Waals surface area contributed by atoms with Gasteiger partial charge in [0.2, 0.25) is 15.9 Å². The van der Waals surface area contributed by atoms with Crippen molar-refractivity contribution < 1.29 is 13.2 Å². The first-order valence-electron chi connectivity index (χ1n) is 7.15. The van der Waals surface area contributed by atoms with Crippen molar-refractivity contribution in [3.8, 4) is 0 Å². The fourth-order valence-electron chi connectivity index (χ4n) is 3.47. The summed E-state index contributed by atoms with van der Waals surface area (Å²) >= 11 is 3.23. The zero-order chi connectivity index (χ0) is 16.1. The molecule has 4 N–H and O–H groups in total. The van der Waals surface area contributed by atoms with E-state index in [9.17, 15) is 13.2 Å². The quantitative estimate of drug-likeness (QED) is 0.763. The lowest BCUT2D eigenvalue weighted by Gasteiger charge is -2.19. The van der Waals surface area contributed by atoms with Crippen LogP contribution in [0.3, 0.4) is 0 Å². The number of fused-ring (bicyclic) bond motifs is 1. The van der Waals surface area contributed by atoms with Gasteiger partial charge in [-0.25, -0.2) is 8.42 Å². The standard InChI is InChI=1S/C14H18BrN3O3S.ClH/c15-10-3-9(14(17)19)4-11(5-10)22(20,21)18-6-8-1-2-13(16)12(8)7-18;/h3-5,8,12-13H,1-2,6-7,16H2,(H2,17,19);1H. The van der Waals surface area contributed by atoms with Gasteiger partial charge in [0.25, 0.3) is 0 Å². The van der Waals surface area contributed by atoms with E-state index in [4.69, 9.17) is 11.5 Å². The molecule has 0 spiro atoms. The van der Waals surface area contributed by atoms with Gasteiger partial charge in [0, 0.05) is 29.2 Å². The van der Waals surface area contributed by atoms with Crippen LogP contribution in [0.25, 0.3) is 0 Å². The van der Waals surface area contributed by atoms with Crippen LogP contribution >= 0.6 is 28.3 Å². The van der Waals surface area contributed by atoms with E-state index in [0.717, 1.165) is 12.8 Å². The lowest BCUT2D eigenvalue weighted by atomic mass is 9.98. The molecule has 128 valence electrons. The van der Waals surface area contributed by atoms with Gasteiger partial charge in [-0.2, -0.15) is 4.31 Å². The number of primary amides is 1. The molecule has 23 heavy (non-hydrogen) atoms. The minimum atomic E-state index is -3.64. The highest BCUT2D eigenvalue weighted by Gasteiger charge is 2.45. The Morgan fingerprint density at radius 2 is 1.91 bits per heavy atom. The molecule has 1 aromatic carbocycles. The summed E-state index contributed by atoms with van der Waals surface area (Å²) < 4.78 is 27.6. The van der Waals surface area contributed by atoms with Crippen LogP contribution in [0.4, 0.5) is 0 Å². The highest BCUT2D eigenvalue weighted by atomic mass is 79.9. The van der Waals surface area contributed by atoms with Crippen LogP contribution in [0.15, 0.2) is 27.6 Å². The topological polar surface area (TPSA) is 106 Å². The lowest BCUT2D eigenvalue weighted by molar-refractivity contribution is 0.1000. The molecule has 1 saturated heterocycles. The van der Waals surface area contributed by atoms with Crippen LogP contribution in [0.1, 0.15) is 23.2 Å². The van der Waals surface area contributed by atoms with Crippen LogP contribution in [0, 0.1) is 11.8 Å². The van der Waals surface area contributed by atoms with E-state index >= 15 is 0 Å². The normalized spacial score (nSPS) is 27.5. The van der Waals surface area contributed by atoms with Crippen LogP contribution in [-0.2, 0) is 10.0 Å². The average molecular weight is 425 g/mol. The molecule has 1 aromatic rings. The second-order valence-electron chi connectivity index (χ2n) is 6.03. The Hall–Kier alpha value is -0.670. The number of nitrogens with two attached hydrogens (primary N) is 2. The molecule has 9 heteroatoms. The first kappa shape index (κ1) is 18.7. The van der Waals surface area contributed by atoms with Gasteiger partial charge < -0.3 is 11.5 Å². The SMILES string of the molecule is Cl.NC(=O)c1cc(Br)cc(S(=O)(=O)N2CC3CCC(N)C3C2)c1. The third-order valence-corrected chi connectivity index (χ3v) is 6.94. The van der Waals surface area contributed by atoms with Gasteiger partial charge in [-0.3, -0.25) is 4.79 Å². The van der Waals surface area contributed by atoms with Crippen LogP contribution in [0.5, 0.6) is 0 Å². The number of carbonyl (C=O) groups is 1. The maximum absolute atomic E-state index is 12.8. The molecule has 3 atom stereocenters. The van der Waals surface area contributed by atoms with E-state index in [1.54, 1.807) is 0 Å². The molecule has 0 aromatic heterocycles. The Bertz CT molecular complexity index is 728. The zero-order valence-corrected chi connectivity index (χ0v) is 15.5. The third kappa shape index (κ3) is 3.41. The largest absolute Gasteiger partial charge is 0.366 e. The third-order valence-electron chi connectivity index (χ3n) is 4.67. The fraction of sp³-hybridized carbons (Fsp3) is 0.500. The smallest absolute Gasteiger partial charge is 0.248 e. The molecular formula is C14H19BrClN3O3S. The van der Waals surface area contributed by atoms with Crippen molar-refractivity contribution in [2.75, 3.05) is 13.1 Å². The average Bonchev–Trinajstić information content (AvgIpc) is 3.01. The number of hydrogen-bond donors (Lipinski definition) is 2. The van der Waals surface area contributed by atoms with Crippen molar-refractivity contribution in [3.63, 3.8) is 0 Å². The highest BCUT2D eigenvalue weighted by Crippen LogP contribution is 2.39. The van der Waals surface area contributed by atoms with E-state index in [1.807, 2.05) is 0 Å². The van der Waals surface area contributed by atoms with E-state index in [-0.39, 0.29) is 34.8 Å². The Labute approximate surface area is 150 Å². The number of nitrogens with zero attached hydrogens (tertiary/aromatic N) is 1. The zero-order valence-electron chi connectivity index (χ0n) is 12.3. The minimum Gasteiger partial charge on any atom is -0.366 e. The first-order valence-corrected chi connectivity index (χ1v) is 9.38. The highest BCUT2D eigenvalue weighted by molar-refractivity contribution is 9.10. The number of benzene rings is 1. The van der Waals surface area contributed by atoms with E-state index in [0.29, 0.717) is 23.5 Å². The molecule has 1 amide bonds. The van der Waals surface area contributed by atoms with Gasteiger partial charge in [0.15, 0.2) is 0 Å². The predicted molar refractivity (Wildman–Crippen MR) is 92.9 cm³/mol. The van der Waals surface area contributed by atoms with E-state index in [1.165, 1.54) is 22.5 Å². The van der Waals surface area contributed by atoms with Crippen LogP contribution in [0.2, 0.25) is 0 Å². The molecule has 0 radical (unpaired) electrons. The Balaban J connectivity index is 0.00000192. The summed E-state index contributed by atoms with van der Waals surface area (Å²) in [4.78, 5) is 11.4. The van der Waals surface area contributed by atoms with Crippen molar-refractivity contribution in [1.29, 1.82) is 0 Å². The molecule has 1 saturated carbocycles. The van der Waals surface area contributed by atoms with Gasteiger partial charge in [0.1, 0.15) is 0 Å². The van der Waals surface area contributed by atoms with E-state index < -0.39 is 15.9 Å². The number of halogens is 2. The van der Waals surface area contributed by atoms with Crippen LogP contribution in [-0.4, -0.2) is 37.8 Å². The summed E-state index contributed by atoms with van der Waals surface area (Å²) in [5.41, 5.74) is 11.5.